The number of nitrogens with one attached hydrogen (secondary N) is 2. The second kappa shape index (κ2) is 8.94. The van der Waals surface area contributed by atoms with Crippen LogP contribution in [0.1, 0.15) is 19.4 Å². The van der Waals surface area contributed by atoms with Crippen molar-refractivity contribution in [1.82, 2.24) is 20.1 Å². The van der Waals surface area contributed by atoms with Crippen molar-refractivity contribution in [2.75, 3.05) is 5.32 Å². The number of anilines is 1. The molecule has 2 amide bonds. The summed E-state index contributed by atoms with van der Waals surface area (Å²) in [5.74, 6) is 0.132. The van der Waals surface area contributed by atoms with Gasteiger partial charge in [0.15, 0.2) is 5.82 Å². The maximum Gasteiger partial charge on any atom is 0.247 e. The first-order chi connectivity index (χ1) is 13.5. The molecule has 1 aromatic carbocycles. The molecule has 2 N–H and O–H groups in total. The topological polar surface area (TPSA) is 88.9 Å². The number of nitrogens with zero attached hydrogens (tertiary/aromatic N) is 3. The molecule has 2 heterocycles. The molecular formula is C21H23N5O2. The third kappa shape index (κ3) is 5.03. The van der Waals surface area contributed by atoms with Gasteiger partial charge in [-0.3, -0.25) is 9.59 Å². The van der Waals surface area contributed by atoms with Crippen LogP contribution < -0.4 is 10.6 Å². The van der Waals surface area contributed by atoms with Crippen LogP contribution in [0.15, 0.2) is 67.1 Å². The molecular weight excluding hydrogens is 354 g/mol. The number of benzene rings is 1. The van der Waals surface area contributed by atoms with E-state index in [2.05, 4.69) is 20.7 Å². The first kappa shape index (κ1) is 19.3. The number of amides is 2. The van der Waals surface area contributed by atoms with Gasteiger partial charge in [-0.05, 0) is 29.7 Å². The highest BCUT2D eigenvalue weighted by Crippen LogP contribution is 2.12. The zero-order valence-corrected chi connectivity index (χ0v) is 15.9. The molecule has 3 rings (SSSR count). The average molecular weight is 377 g/mol. The fourth-order valence-electron chi connectivity index (χ4n) is 2.76. The predicted molar refractivity (Wildman–Crippen MR) is 107 cm³/mol. The van der Waals surface area contributed by atoms with Gasteiger partial charge >= 0.3 is 0 Å². The molecule has 1 atom stereocenters. The monoisotopic (exact) mass is 377 g/mol. The Morgan fingerprint density at radius 3 is 2.46 bits per heavy atom. The van der Waals surface area contributed by atoms with Crippen LogP contribution in [0.2, 0.25) is 0 Å². The molecule has 0 bridgehead atoms. The van der Waals surface area contributed by atoms with Gasteiger partial charge in [0.1, 0.15) is 6.04 Å². The van der Waals surface area contributed by atoms with E-state index in [9.17, 15) is 9.59 Å². The number of aromatic nitrogens is 3. The fourth-order valence-corrected chi connectivity index (χ4v) is 2.76. The number of rotatable bonds is 7. The van der Waals surface area contributed by atoms with Crippen molar-refractivity contribution in [3.63, 3.8) is 0 Å². The van der Waals surface area contributed by atoms with E-state index in [-0.39, 0.29) is 24.2 Å². The second-order valence-electron chi connectivity index (χ2n) is 6.80. The Bertz CT molecular complexity index is 906. The van der Waals surface area contributed by atoms with Gasteiger partial charge in [-0.1, -0.05) is 44.2 Å². The summed E-state index contributed by atoms with van der Waals surface area (Å²) in [6.45, 7) is 3.79. The zero-order valence-electron chi connectivity index (χ0n) is 15.9. The Balaban J connectivity index is 1.62. The quantitative estimate of drug-likeness (QED) is 0.662. The molecule has 0 saturated heterocycles. The first-order valence-corrected chi connectivity index (χ1v) is 9.13. The van der Waals surface area contributed by atoms with Crippen molar-refractivity contribution in [3.05, 3.63) is 72.7 Å². The van der Waals surface area contributed by atoms with E-state index >= 15 is 0 Å². The minimum absolute atomic E-state index is 0.0592. The molecule has 0 saturated carbocycles. The lowest BCUT2D eigenvalue weighted by Gasteiger charge is -2.21. The molecule has 7 heteroatoms. The summed E-state index contributed by atoms with van der Waals surface area (Å²) in [4.78, 5) is 29.3. The van der Waals surface area contributed by atoms with Crippen molar-refractivity contribution in [2.24, 2.45) is 5.92 Å². The first-order valence-electron chi connectivity index (χ1n) is 9.13. The van der Waals surface area contributed by atoms with Gasteiger partial charge < -0.3 is 10.6 Å². The number of carbonyl (C=O) groups is 2. The lowest BCUT2D eigenvalue weighted by atomic mass is 10.0. The third-order valence-corrected chi connectivity index (χ3v) is 4.23. The van der Waals surface area contributed by atoms with Crippen LogP contribution in [0.5, 0.6) is 0 Å². The largest absolute Gasteiger partial charge is 0.344 e. The maximum absolute atomic E-state index is 12.7. The lowest BCUT2D eigenvalue weighted by Crippen LogP contribution is -2.47. The Morgan fingerprint density at radius 2 is 1.86 bits per heavy atom. The van der Waals surface area contributed by atoms with Crippen molar-refractivity contribution >= 4 is 17.5 Å². The maximum atomic E-state index is 12.7. The average Bonchev–Trinajstić information content (AvgIpc) is 3.22. The summed E-state index contributed by atoms with van der Waals surface area (Å²) in [5.41, 5.74) is 1.46. The molecule has 0 aliphatic heterocycles. The highest BCUT2D eigenvalue weighted by atomic mass is 16.2. The highest BCUT2D eigenvalue weighted by Gasteiger charge is 2.24. The number of hydrogen-bond donors (Lipinski definition) is 2. The smallest absolute Gasteiger partial charge is 0.247 e. The fraction of sp³-hybridized carbons (Fsp3) is 0.238. The molecule has 0 spiro atoms. The summed E-state index contributed by atoms with van der Waals surface area (Å²) in [7, 11) is 0. The van der Waals surface area contributed by atoms with Crippen molar-refractivity contribution in [2.45, 2.75) is 26.3 Å². The van der Waals surface area contributed by atoms with Gasteiger partial charge in [0.2, 0.25) is 11.8 Å². The Kier molecular flexibility index (Phi) is 6.16. The number of pyridine rings is 1. The van der Waals surface area contributed by atoms with E-state index in [0.717, 1.165) is 5.56 Å². The Hall–Kier alpha value is -3.48. The SMILES string of the molecule is CC(C)C(NC(=O)Cc1ccccc1)C(=O)Nc1ccc(-n2cccn2)nc1. The number of carbonyl (C=O) groups excluding carboxylic acids is 2. The zero-order chi connectivity index (χ0) is 19.9. The van der Waals surface area contributed by atoms with Gasteiger partial charge in [0.25, 0.3) is 0 Å². The van der Waals surface area contributed by atoms with Crippen LogP contribution >= 0.6 is 0 Å². The summed E-state index contributed by atoms with van der Waals surface area (Å²) in [5, 5.41) is 9.77. The van der Waals surface area contributed by atoms with Gasteiger partial charge in [0, 0.05) is 12.4 Å². The molecule has 0 aliphatic rings. The van der Waals surface area contributed by atoms with E-state index in [1.165, 1.54) is 0 Å². The summed E-state index contributed by atoms with van der Waals surface area (Å²) in [6.07, 6.45) is 5.26. The Labute approximate surface area is 163 Å². The minimum atomic E-state index is -0.637. The van der Waals surface area contributed by atoms with Crippen LogP contribution in [-0.2, 0) is 16.0 Å². The van der Waals surface area contributed by atoms with Crippen LogP contribution in [0.4, 0.5) is 5.69 Å². The summed E-state index contributed by atoms with van der Waals surface area (Å²) >= 11 is 0. The lowest BCUT2D eigenvalue weighted by molar-refractivity contribution is -0.127. The van der Waals surface area contributed by atoms with E-state index in [4.69, 9.17) is 0 Å². The van der Waals surface area contributed by atoms with Crippen molar-refractivity contribution < 1.29 is 9.59 Å². The summed E-state index contributed by atoms with van der Waals surface area (Å²) < 4.78 is 1.63. The van der Waals surface area contributed by atoms with Gasteiger partial charge in [-0.25, -0.2) is 9.67 Å². The molecule has 0 fully saturated rings. The molecule has 0 radical (unpaired) electrons. The standard InChI is InChI=1S/C21H23N5O2/c1-15(2)20(25-19(27)13-16-7-4-3-5-8-16)21(28)24-17-9-10-18(22-14-17)26-12-6-11-23-26/h3-12,14-15,20H,13H2,1-2H3,(H,24,28)(H,25,27). The van der Waals surface area contributed by atoms with Crippen LogP contribution in [-0.4, -0.2) is 32.6 Å². The Morgan fingerprint density at radius 1 is 1.07 bits per heavy atom. The molecule has 1 unspecified atom stereocenters. The molecule has 0 aliphatic carbocycles. The molecule has 2 aromatic heterocycles. The van der Waals surface area contributed by atoms with Gasteiger partial charge in [-0.15, -0.1) is 0 Å². The van der Waals surface area contributed by atoms with Crippen molar-refractivity contribution in [3.8, 4) is 5.82 Å². The van der Waals surface area contributed by atoms with Crippen LogP contribution in [0.25, 0.3) is 5.82 Å². The highest BCUT2D eigenvalue weighted by molar-refractivity contribution is 5.97. The molecule has 144 valence electrons. The van der Waals surface area contributed by atoms with Crippen molar-refractivity contribution in [1.29, 1.82) is 0 Å². The minimum Gasteiger partial charge on any atom is -0.344 e. The van der Waals surface area contributed by atoms with Gasteiger partial charge in [-0.2, -0.15) is 5.10 Å². The van der Waals surface area contributed by atoms with Gasteiger partial charge in [0.05, 0.1) is 18.3 Å². The third-order valence-electron chi connectivity index (χ3n) is 4.23. The normalized spacial score (nSPS) is 11.8. The van der Waals surface area contributed by atoms with Crippen LogP contribution in [0.3, 0.4) is 0 Å². The van der Waals surface area contributed by atoms with E-state index < -0.39 is 6.04 Å². The van der Waals surface area contributed by atoms with E-state index in [1.807, 2.05) is 50.2 Å². The molecule has 28 heavy (non-hydrogen) atoms. The van der Waals surface area contributed by atoms with Crippen LogP contribution in [0, 0.1) is 5.92 Å². The molecule has 7 nitrogen and oxygen atoms in total. The number of hydrogen-bond acceptors (Lipinski definition) is 4. The predicted octanol–water partition coefficient (Wildman–Crippen LogP) is 2.59. The summed E-state index contributed by atoms with van der Waals surface area (Å²) in [6, 6.07) is 14.1. The molecule has 3 aromatic rings. The van der Waals surface area contributed by atoms with E-state index in [1.54, 1.807) is 35.4 Å². The van der Waals surface area contributed by atoms with E-state index in [0.29, 0.717) is 11.5 Å². The second-order valence-corrected chi connectivity index (χ2v) is 6.80.